The standard InChI is InChI=1S/C15H22O2/c1-4-6-11-15(5-2,14(16)17)13-9-7-12(3)8-10-13/h7-10H,4-6,11H2,1-3H3,(H,16,17). The molecule has 0 saturated carbocycles. The Hall–Kier alpha value is -1.31. The number of hydrogen-bond acceptors (Lipinski definition) is 1. The number of carboxylic acid groups (broad SMARTS) is 1. The van der Waals surface area contributed by atoms with Crippen molar-refractivity contribution in [3.8, 4) is 0 Å². The Labute approximate surface area is 104 Å². The van der Waals surface area contributed by atoms with Crippen LogP contribution in [0.1, 0.15) is 50.7 Å². The van der Waals surface area contributed by atoms with Crippen LogP contribution in [0.25, 0.3) is 0 Å². The van der Waals surface area contributed by atoms with Crippen LogP contribution in [0.2, 0.25) is 0 Å². The molecule has 0 spiro atoms. The lowest BCUT2D eigenvalue weighted by Crippen LogP contribution is -2.35. The summed E-state index contributed by atoms with van der Waals surface area (Å²) in [5.41, 5.74) is 1.40. The molecule has 0 bridgehead atoms. The van der Waals surface area contributed by atoms with Gasteiger partial charge in [0.05, 0.1) is 5.41 Å². The maximum Gasteiger partial charge on any atom is 0.314 e. The second-order valence-electron chi connectivity index (χ2n) is 4.71. The quantitative estimate of drug-likeness (QED) is 0.810. The average Bonchev–Trinajstić information content (AvgIpc) is 2.32. The monoisotopic (exact) mass is 234 g/mol. The number of carbonyl (C=O) groups is 1. The fraction of sp³-hybridized carbons (Fsp3) is 0.533. The van der Waals surface area contributed by atoms with Gasteiger partial charge in [-0.15, -0.1) is 0 Å². The van der Waals surface area contributed by atoms with Crippen molar-refractivity contribution in [2.75, 3.05) is 0 Å². The zero-order valence-corrected chi connectivity index (χ0v) is 11.0. The molecular formula is C15H22O2. The van der Waals surface area contributed by atoms with Crippen LogP contribution >= 0.6 is 0 Å². The van der Waals surface area contributed by atoms with Crippen LogP contribution in [-0.4, -0.2) is 11.1 Å². The van der Waals surface area contributed by atoms with Gasteiger partial charge in [-0.1, -0.05) is 56.5 Å². The normalized spacial score (nSPS) is 14.3. The fourth-order valence-corrected chi connectivity index (χ4v) is 2.26. The molecule has 94 valence electrons. The molecule has 1 aromatic rings. The van der Waals surface area contributed by atoms with Crippen LogP contribution in [0.4, 0.5) is 0 Å². The Bertz CT molecular complexity index is 367. The molecule has 0 aliphatic carbocycles. The minimum absolute atomic E-state index is 0.644. The summed E-state index contributed by atoms with van der Waals surface area (Å²) in [5, 5.41) is 9.57. The molecule has 1 N–H and O–H groups in total. The van der Waals surface area contributed by atoms with Crippen molar-refractivity contribution >= 4 is 5.97 Å². The topological polar surface area (TPSA) is 37.3 Å². The Balaban J connectivity index is 3.12. The van der Waals surface area contributed by atoms with Gasteiger partial charge in [-0.25, -0.2) is 0 Å². The number of rotatable bonds is 6. The largest absolute Gasteiger partial charge is 0.481 e. The lowest BCUT2D eigenvalue weighted by molar-refractivity contribution is -0.144. The molecule has 2 nitrogen and oxygen atoms in total. The second-order valence-corrected chi connectivity index (χ2v) is 4.71. The summed E-state index contributed by atoms with van der Waals surface area (Å²) in [5.74, 6) is -0.697. The van der Waals surface area contributed by atoms with E-state index in [0.717, 1.165) is 24.8 Å². The molecular weight excluding hydrogens is 212 g/mol. The number of carboxylic acids is 1. The van der Waals surface area contributed by atoms with Gasteiger partial charge in [0.25, 0.3) is 0 Å². The number of unbranched alkanes of at least 4 members (excludes halogenated alkanes) is 1. The molecule has 17 heavy (non-hydrogen) atoms. The molecule has 1 rings (SSSR count). The first-order chi connectivity index (χ1) is 8.06. The highest BCUT2D eigenvalue weighted by atomic mass is 16.4. The van der Waals surface area contributed by atoms with Gasteiger partial charge in [-0.2, -0.15) is 0 Å². The molecule has 0 aliphatic heterocycles. The van der Waals surface area contributed by atoms with E-state index in [4.69, 9.17) is 0 Å². The van der Waals surface area contributed by atoms with Gasteiger partial charge in [0.1, 0.15) is 0 Å². The fourth-order valence-electron chi connectivity index (χ4n) is 2.26. The lowest BCUT2D eigenvalue weighted by atomic mass is 9.74. The predicted octanol–water partition coefficient (Wildman–Crippen LogP) is 3.92. The first kappa shape index (κ1) is 13.8. The summed E-state index contributed by atoms with van der Waals surface area (Å²) in [7, 11) is 0. The van der Waals surface area contributed by atoms with E-state index in [1.807, 2.05) is 38.1 Å². The van der Waals surface area contributed by atoms with Crippen molar-refractivity contribution < 1.29 is 9.90 Å². The second kappa shape index (κ2) is 5.85. The van der Waals surface area contributed by atoms with Crippen molar-refractivity contribution in [1.29, 1.82) is 0 Å². The van der Waals surface area contributed by atoms with Crippen molar-refractivity contribution in [3.05, 3.63) is 35.4 Å². The number of benzene rings is 1. The van der Waals surface area contributed by atoms with Crippen molar-refractivity contribution in [2.24, 2.45) is 0 Å². The van der Waals surface area contributed by atoms with E-state index in [1.54, 1.807) is 0 Å². The zero-order valence-electron chi connectivity index (χ0n) is 11.0. The summed E-state index contributed by atoms with van der Waals surface area (Å²) < 4.78 is 0. The maximum absolute atomic E-state index is 11.6. The van der Waals surface area contributed by atoms with Gasteiger partial charge < -0.3 is 5.11 Å². The zero-order chi connectivity index (χ0) is 12.9. The Kier molecular flexibility index (Phi) is 4.73. The first-order valence-corrected chi connectivity index (χ1v) is 6.37. The van der Waals surface area contributed by atoms with Crippen LogP contribution in [0.15, 0.2) is 24.3 Å². The molecule has 1 aromatic carbocycles. The van der Waals surface area contributed by atoms with E-state index >= 15 is 0 Å². The van der Waals surface area contributed by atoms with E-state index in [-0.39, 0.29) is 0 Å². The third kappa shape index (κ3) is 2.87. The smallest absolute Gasteiger partial charge is 0.314 e. The molecule has 2 heteroatoms. The number of aryl methyl sites for hydroxylation is 1. The van der Waals surface area contributed by atoms with Gasteiger partial charge in [0, 0.05) is 0 Å². The highest BCUT2D eigenvalue weighted by molar-refractivity contribution is 5.81. The molecule has 1 unspecified atom stereocenters. The molecule has 1 atom stereocenters. The van der Waals surface area contributed by atoms with Gasteiger partial charge in [-0.05, 0) is 25.3 Å². The summed E-state index contributed by atoms with van der Waals surface area (Å²) in [6.45, 7) is 6.07. The lowest BCUT2D eigenvalue weighted by Gasteiger charge is -2.28. The van der Waals surface area contributed by atoms with E-state index in [9.17, 15) is 9.90 Å². The summed E-state index contributed by atoms with van der Waals surface area (Å²) >= 11 is 0. The number of hydrogen-bond donors (Lipinski definition) is 1. The Morgan fingerprint density at radius 2 is 1.82 bits per heavy atom. The molecule has 0 heterocycles. The SMILES string of the molecule is CCCCC(CC)(C(=O)O)c1ccc(C)cc1. The molecule has 0 aromatic heterocycles. The maximum atomic E-state index is 11.6. The van der Waals surface area contributed by atoms with Crippen LogP contribution < -0.4 is 0 Å². The van der Waals surface area contributed by atoms with Crippen LogP contribution in [0, 0.1) is 6.92 Å². The van der Waals surface area contributed by atoms with Crippen LogP contribution in [0.3, 0.4) is 0 Å². The third-order valence-corrected chi connectivity index (χ3v) is 3.57. The Morgan fingerprint density at radius 1 is 1.24 bits per heavy atom. The summed E-state index contributed by atoms with van der Waals surface area (Å²) in [6.07, 6.45) is 3.35. The highest BCUT2D eigenvalue weighted by Gasteiger charge is 2.37. The van der Waals surface area contributed by atoms with Gasteiger partial charge in [0.15, 0.2) is 0 Å². The average molecular weight is 234 g/mol. The van der Waals surface area contributed by atoms with E-state index < -0.39 is 11.4 Å². The van der Waals surface area contributed by atoms with Crippen molar-refractivity contribution in [1.82, 2.24) is 0 Å². The molecule has 0 radical (unpaired) electrons. The molecule has 0 amide bonds. The predicted molar refractivity (Wildman–Crippen MR) is 70.3 cm³/mol. The summed E-state index contributed by atoms with van der Waals surface area (Å²) in [6, 6.07) is 7.91. The van der Waals surface area contributed by atoms with Crippen LogP contribution in [0.5, 0.6) is 0 Å². The van der Waals surface area contributed by atoms with Crippen molar-refractivity contribution in [3.63, 3.8) is 0 Å². The first-order valence-electron chi connectivity index (χ1n) is 6.37. The minimum Gasteiger partial charge on any atom is -0.481 e. The molecule has 0 aliphatic rings. The van der Waals surface area contributed by atoms with Gasteiger partial charge in [0.2, 0.25) is 0 Å². The van der Waals surface area contributed by atoms with Crippen LogP contribution in [-0.2, 0) is 10.2 Å². The summed E-state index contributed by atoms with van der Waals surface area (Å²) in [4.78, 5) is 11.6. The number of aliphatic carboxylic acids is 1. The highest BCUT2D eigenvalue weighted by Crippen LogP contribution is 2.34. The Morgan fingerprint density at radius 3 is 2.24 bits per heavy atom. The third-order valence-electron chi connectivity index (χ3n) is 3.57. The van der Waals surface area contributed by atoms with Gasteiger partial charge in [-0.3, -0.25) is 4.79 Å². The molecule has 0 saturated heterocycles. The van der Waals surface area contributed by atoms with E-state index in [2.05, 4.69) is 6.92 Å². The molecule has 0 fully saturated rings. The van der Waals surface area contributed by atoms with Crippen molar-refractivity contribution in [2.45, 2.75) is 51.9 Å². The van der Waals surface area contributed by atoms with E-state index in [0.29, 0.717) is 6.42 Å². The minimum atomic E-state index is -0.705. The van der Waals surface area contributed by atoms with E-state index in [1.165, 1.54) is 5.56 Å². The van der Waals surface area contributed by atoms with Gasteiger partial charge >= 0.3 is 5.97 Å².